The molecule has 0 aliphatic carbocycles. The molecule has 0 spiro atoms. The van der Waals surface area contributed by atoms with Gasteiger partial charge in [-0.1, -0.05) is 39.0 Å². The first kappa shape index (κ1) is 15.9. The molecule has 1 aliphatic heterocycles. The molecular formula is C15H32N2O. The maximum absolute atomic E-state index is 5.75. The van der Waals surface area contributed by atoms with Gasteiger partial charge in [0.2, 0.25) is 0 Å². The largest absolute Gasteiger partial charge is 0.374 e. The van der Waals surface area contributed by atoms with Crippen LogP contribution in [-0.2, 0) is 4.74 Å². The third-order valence-electron chi connectivity index (χ3n) is 3.95. The van der Waals surface area contributed by atoms with Crippen molar-refractivity contribution in [3.8, 4) is 0 Å². The predicted molar refractivity (Wildman–Crippen MR) is 78.1 cm³/mol. The summed E-state index contributed by atoms with van der Waals surface area (Å²) >= 11 is 0. The Kier molecular flexibility index (Phi) is 8.64. The zero-order valence-electron chi connectivity index (χ0n) is 12.6. The Hall–Kier alpha value is -0.120. The third-order valence-corrected chi connectivity index (χ3v) is 3.95. The summed E-state index contributed by atoms with van der Waals surface area (Å²) in [6.07, 6.45) is 8.66. The molecule has 1 heterocycles. The Balaban J connectivity index is 2.13. The molecule has 1 N–H and O–H groups in total. The molecule has 18 heavy (non-hydrogen) atoms. The van der Waals surface area contributed by atoms with E-state index in [-0.39, 0.29) is 0 Å². The Labute approximate surface area is 113 Å². The van der Waals surface area contributed by atoms with Crippen LogP contribution in [0.25, 0.3) is 0 Å². The van der Waals surface area contributed by atoms with Crippen molar-refractivity contribution >= 4 is 0 Å². The molecule has 1 saturated heterocycles. The molecule has 0 aromatic carbocycles. The summed E-state index contributed by atoms with van der Waals surface area (Å²) in [5.74, 6) is 0. The summed E-state index contributed by atoms with van der Waals surface area (Å²) in [7, 11) is 2.00. The van der Waals surface area contributed by atoms with Gasteiger partial charge in [0, 0.05) is 25.7 Å². The maximum Gasteiger partial charge on any atom is 0.0826 e. The average molecular weight is 256 g/mol. The summed E-state index contributed by atoms with van der Waals surface area (Å²) < 4.78 is 5.75. The standard InChI is InChI=1S/C15H32N2O/c1-4-5-6-7-8-9-14(2)17-10-11-18-15(13-17)12-16-3/h14-16H,4-13H2,1-3H3. The van der Waals surface area contributed by atoms with Crippen LogP contribution in [0.15, 0.2) is 0 Å². The molecule has 0 radical (unpaired) electrons. The number of nitrogens with zero attached hydrogens (tertiary/aromatic N) is 1. The van der Waals surface area contributed by atoms with E-state index in [1.54, 1.807) is 0 Å². The number of hydrogen-bond acceptors (Lipinski definition) is 3. The number of ether oxygens (including phenoxy) is 1. The van der Waals surface area contributed by atoms with Crippen LogP contribution in [0.4, 0.5) is 0 Å². The SMILES string of the molecule is CCCCCCCC(C)N1CCOC(CNC)C1. The van der Waals surface area contributed by atoms with Crippen molar-refractivity contribution in [2.75, 3.05) is 33.3 Å². The molecule has 0 saturated carbocycles. The van der Waals surface area contributed by atoms with Crippen LogP contribution in [-0.4, -0.2) is 50.3 Å². The third kappa shape index (κ3) is 6.17. The highest BCUT2D eigenvalue weighted by Crippen LogP contribution is 2.14. The van der Waals surface area contributed by atoms with E-state index in [0.29, 0.717) is 6.10 Å². The number of likely N-dealkylation sites (N-methyl/N-ethyl adjacent to an activating group) is 1. The Morgan fingerprint density at radius 1 is 1.28 bits per heavy atom. The van der Waals surface area contributed by atoms with Crippen LogP contribution in [0.1, 0.15) is 52.4 Å². The van der Waals surface area contributed by atoms with Gasteiger partial charge < -0.3 is 10.1 Å². The number of morpholine rings is 1. The summed E-state index contributed by atoms with van der Waals surface area (Å²) in [5.41, 5.74) is 0. The monoisotopic (exact) mass is 256 g/mol. The zero-order valence-corrected chi connectivity index (χ0v) is 12.6. The van der Waals surface area contributed by atoms with Gasteiger partial charge in [-0.25, -0.2) is 0 Å². The second-order valence-electron chi connectivity index (χ2n) is 5.60. The fourth-order valence-corrected chi connectivity index (χ4v) is 2.72. The quantitative estimate of drug-likeness (QED) is 0.642. The molecule has 0 aromatic heterocycles. The van der Waals surface area contributed by atoms with E-state index in [0.717, 1.165) is 32.3 Å². The highest BCUT2D eigenvalue weighted by atomic mass is 16.5. The zero-order chi connectivity index (χ0) is 13.2. The minimum absolute atomic E-state index is 0.381. The molecule has 0 aromatic rings. The van der Waals surface area contributed by atoms with Crippen molar-refractivity contribution in [2.45, 2.75) is 64.5 Å². The first-order chi connectivity index (χ1) is 8.77. The first-order valence-corrected chi connectivity index (χ1v) is 7.78. The van der Waals surface area contributed by atoms with Crippen molar-refractivity contribution in [1.82, 2.24) is 10.2 Å². The molecule has 1 fully saturated rings. The van der Waals surface area contributed by atoms with Crippen LogP contribution in [0.3, 0.4) is 0 Å². The number of unbranched alkanes of at least 4 members (excludes halogenated alkanes) is 4. The molecular weight excluding hydrogens is 224 g/mol. The summed E-state index contributed by atoms with van der Waals surface area (Å²) in [4.78, 5) is 2.60. The smallest absolute Gasteiger partial charge is 0.0826 e. The van der Waals surface area contributed by atoms with Crippen LogP contribution < -0.4 is 5.32 Å². The Morgan fingerprint density at radius 2 is 2.06 bits per heavy atom. The molecule has 2 atom stereocenters. The predicted octanol–water partition coefficient (Wildman–Crippen LogP) is 2.66. The van der Waals surface area contributed by atoms with Gasteiger partial charge in [0.25, 0.3) is 0 Å². The van der Waals surface area contributed by atoms with Gasteiger partial charge in [-0.15, -0.1) is 0 Å². The minimum Gasteiger partial charge on any atom is -0.374 e. The topological polar surface area (TPSA) is 24.5 Å². The van der Waals surface area contributed by atoms with Crippen LogP contribution >= 0.6 is 0 Å². The van der Waals surface area contributed by atoms with Crippen molar-refractivity contribution in [2.24, 2.45) is 0 Å². The highest BCUT2D eigenvalue weighted by molar-refractivity contribution is 4.77. The average Bonchev–Trinajstić information content (AvgIpc) is 2.39. The van der Waals surface area contributed by atoms with Crippen molar-refractivity contribution in [3.05, 3.63) is 0 Å². The highest BCUT2D eigenvalue weighted by Gasteiger charge is 2.23. The lowest BCUT2D eigenvalue weighted by Crippen LogP contribution is -2.49. The molecule has 3 heteroatoms. The molecule has 0 bridgehead atoms. The Bertz CT molecular complexity index is 197. The van der Waals surface area contributed by atoms with Crippen LogP contribution in [0.5, 0.6) is 0 Å². The van der Waals surface area contributed by atoms with Gasteiger partial charge in [0.1, 0.15) is 0 Å². The first-order valence-electron chi connectivity index (χ1n) is 7.78. The lowest BCUT2D eigenvalue weighted by molar-refractivity contribution is -0.0400. The maximum atomic E-state index is 5.75. The van der Waals surface area contributed by atoms with Crippen molar-refractivity contribution < 1.29 is 4.74 Å². The molecule has 1 rings (SSSR count). The fourth-order valence-electron chi connectivity index (χ4n) is 2.72. The van der Waals surface area contributed by atoms with Crippen molar-refractivity contribution in [1.29, 1.82) is 0 Å². The minimum atomic E-state index is 0.381. The lowest BCUT2D eigenvalue weighted by Gasteiger charge is -2.37. The molecule has 0 amide bonds. The van der Waals surface area contributed by atoms with Crippen molar-refractivity contribution in [3.63, 3.8) is 0 Å². The summed E-state index contributed by atoms with van der Waals surface area (Å²) in [5, 5.41) is 3.21. The van der Waals surface area contributed by atoms with Gasteiger partial charge >= 0.3 is 0 Å². The second kappa shape index (κ2) is 9.76. The number of hydrogen-bond donors (Lipinski definition) is 1. The lowest BCUT2D eigenvalue weighted by atomic mass is 10.1. The summed E-state index contributed by atoms with van der Waals surface area (Å²) in [6.45, 7) is 8.72. The molecule has 3 nitrogen and oxygen atoms in total. The van der Waals surface area contributed by atoms with E-state index in [4.69, 9.17) is 4.74 Å². The molecule has 108 valence electrons. The van der Waals surface area contributed by atoms with Gasteiger partial charge in [0.05, 0.1) is 12.7 Å². The van der Waals surface area contributed by atoms with Crippen LogP contribution in [0, 0.1) is 0 Å². The molecule has 2 unspecified atom stereocenters. The van der Waals surface area contributed by atoms with Gasteiger partial charge in [-0.05, 0) is 20.4 Å². The number of rotatable bonds is 9. The fraction of sp³-hybridized carbons (Fsp3) is 1.00. The Morgan fingerprint density at radius 3 is 2.78 bits per heavy atom. The van der Waals surface area contributed by atoms with E-state index in [2.05, 4.69) is 24.1 Å². The second-order valence-corrected chi connectivity index (χ2v) is 5.60. The van der Waals surface area contributed by atoms with Gasteiger partial charge in [-0.2, -0.15) is 0 Å². The molecule has 1 aliphatic rings. The van der Waals surface area contributed by atoms with Gasteiger partial charge in [0.15, 0.2) is 0 Å². The van der Waals surface area contributed by atoms with E-state index in [1.165, 1.54) is 38.5 Å². The van der Waals surface area contributed by atoms with Crippen LogP contribution in [0.2, 0.25) is 0 Å². The van der Waals surface area contributed by atoms with E-state index >= 15 is 0 Å². The van der Waals surface area contributed by atoms with E-state index in [1.807, 2.05) is 7.05 Å². The van der Waals surface area contributed by atoms with E-state index in [9.17, 15) is 0 Å². The number of nitrogens with one attached hydrogen (secondary N) is 1. The van der Waals surface area contributed by atoms with E-state index < -0.39 is 0 Å². The van der Waals surface area contributed by atoms with Gasteiger partial charge in [-0.3, -0.25) is 4.90 Å². The normalized spacial score (nSPS) is 23.2. The summed E-state index contributed by atoms with van der Waals surface area (Å²) in [6, 6.07) is 0.717.